The van der Waals surface area contributed by atoms with Crippen molar-refractivity contribution in [2.45, 2.75) is 5.41 Å². The lowest BCUT2D eigenvalue weighted by Crippen LogP contribution is -2.28. The third kappa shape index (κ3) is 4.28. The van der Waals surface area contributed by atoms with Gasteiger partial charge in [0.2, 0.25) is 0 Å². The third-order valence-corrected chi connectivity index (χ3v) is 9.83. The van der Waals surface area contributed by atoms with Crippen molar-refractivity contribution in [1.82, 2.24) is 4.98 Å². The molecule has 0 fully saturated rings. The average Bonchev–Trinajstić information content (AvgIpc) is 3.45. The van der Waals surface area contributed by atoms with Crippen LogP contribution in [0.1, 0.15) is 22.3 Å². The highest BCUT2D eigenvalue weighted by atomic mass is 14.7. The summed E-state index contributed by atoms with van der Waals surface area (Å²) in [6.07, 6.45) is 1.85. The van der Waals surface area contributed by atoms with Crippen molar-refractivity contribution in [3.8, 4) is 44.6 Å². The van der Waals surface area contributed by atoms with Crippen molar-refractivity contribution in [3.63, 3.8) is 0 Å². The maximum absolute atomic E-state index is 4.61. The van der Waals surface area contributed by atoms with E-state index >= 15 is 0 Å². The van der Waals surface area contributed by atoms with Crippen LogP contribution >= 0.6 is 0 Å². The zero-order valence-corrected chi connectivity index (χ0v) is 25.8. The van der Waals surface area contributed by atoms with Gasteiger partial charge in [-0.1, -0.05) is 158 Å². The average molecular weight is 598 g/mol. The number of nitrogens with zero attached hydrogens (tertiary/aromatic N) is 1. The van der Waals surface area contributed by atoms with Crippen LogP contribution < -0.4 is 0 Å². The molecule has 0 saturated heterocycles. The van der Waals surface area contributed by atoms with Gasteiger partial charge >= 0.3 is 0 Å². The summed E-state index contributed by atoms with van der Waals surface area (Å²) in [5.41, 5.74) is 14.2. The molecule has 47 heavy (non-hydrogen) atoms. The molecule has 1 nitrogen and oxygen atoms in total. The molecule has 0 aliphatic heterocycles. The first-order valence-corrected chi connectivity index (χ1v) is 16.2. The van der Waals surface area contributed by atoms with Gasteiger partial charge in [0.25, 0.3) is 0 Å². The molecule has 1 heterocycles. The molecular formula is C46H31N. The molecule has 0 bridgehead atoms. The van der Waals surface area contributed by atoms with E-state index in [1.54, 1.807) is 0 Å². The Hall–Kier alpha value is -6.05. The van der Waals surface area contributed by atoms with E-state index < -0.39 is 5.41 Å². The molecule has 0 amide bonds. The van der Waals surface area contributed by atoms with E-state index in [0.29, 0.717) is 0 Å². The minimum absolute atomic E-state index is 0.464. The minimum atomic E-state index is -0.464. The van der Waals surface area contributed by atoms with Gasteiger partial charge in [-0.25, -0.2) is 0 Å². The lowest BCUT2D eigenvalue weighted by atomic mass is 9.67. The Bertz CT molecular complexity index is 2330. The zero-order valence-electron chi connectivity index (χ0n) is 25.8. The van der Waals surface area contributed by atoms with Crippen molar-refractivity contribution >= 4 is 10.8 Å². The fourth-order valence-corrected chi connectivity index (χ4v) is 7.76. The second kappa shape index (κ2) is 11.1. The largest absolute Gasteiger partial charge is 0.256 e. The summed E-state index contributed by atoms with van der Waals surface area (Å²) in [4.78, 5) is 4.61. The molecule has 220 valence electrons. The van der Waals surface area contributed by atoms with Gasteiger partial charge in [0.1, 0.15) is 0 Å². The van der Waals surface area contributed by atoms with Gasteiger partial charge < -0.3 is 0 Å². The van der Waals surface area contributed by atoms with Crippen LogP contribution in [0.5, 0.6) is 0 Å². The number of aromatic nitrogens is 1. The first-order chi connectivity index (χ1) is 23.3. The second-order valence-corrected chi connectivity index (χ2v) is 12.3. The van der Waals surface area contributed by atoms with Crippen LogP contribution in [0.4, 0.5) is 0 Å². The van der Waals surface area contributed by atoms with Gasteiger partial charge in [0, 0.05) is 11.8 Å². The number of fused-ring (bicyclic) bond motifs is 4. The van der Waals surface area contributed by atoms with E-state index in [2.05, 4.69) is 175 Å². The van der Waals surface area contributed by atoms with Gasteiger partial charge in [-0.15, -0.1) is 0 Å². The number of pyridine rings is 1. The van der Waals surface area contributed by atoms with E-state index in [1.807, 2.05) is 18.3 Å². The summed E-state index contributed by atoms with van der Waals surface area (Å²) in [7, 11) is 0. The SMILES string of the molecule is c1ccc(C2(c3ccccc3)c3ccccc3-c3cc(-c4cccc5ccccc45)c(-c4ccc(-c5ccccn5)cc4)cc32)cc1. The van der Waals surface area contributed by atoms with Gasteiger partial charge in [0.15, 0.2) is 0 Å². The molecule has 0 saturated carbocycles. The summed E-state index contributed by atoms with van der Waals surface area (Å²) in [6.45, 7) is 0. The predicted molar refractivity (Wildman–Crippen MR) is 195 cm³/mol. The zero-order chi connectivity index (χ0) is 31.2. The Morgan fingerprint density at radius 1 is 0.362 bits per heavy atom. The monoisotopic (exact) mass is 597 g/mol. The van der Waals surface area contributed by atoms with Crippen LogP contribution in [0.3, 0.4) is 0 Å². The van der Waals surface area contributed by atoms with Crippen LogP contribution in [-0.2, 0) is 5.41 Å². The van der Waals surface area contributed by atoms with Crippen LogP contribution in [0.25, 0.3) is 55.4 Å². The maximum atomic E-state index is 4.61. The Morgan fingerprint density at radius 3 is 1.72 bits per heavy atom. The molecule has 1 aliphatic carbocycles. The van der Waals surface area contributed by atoms with Crippen LogP contribution in [0, 0.1) is 0 Å². The van der Waals surface area contributed by atoms with Crippen molar-refractivity contribution in [3.05, 3.63) is 210 Å². The van der Waals surface area contributed by atoms with Gasteiger partial charge in [0.05, 0.1) is 11.1 Å². The molecule has 1 heteroatoms. The smallest absolute Gasteiger partial charge is 0.0713 e. The highest BCUT2D eigenvalue weighted by molar-refractivity contribution is 6.03. The number of hydrogen-bond acceptors (Lipinski definition) is 1. The molecule has 0 atom stereocenters. The first kappa shape index (κ1) is 27.3. The molecule has 8 aromatic rings. The van der Waals surface area contributed by atoms with E-state index in [4.69, 9.17) is 0 Å². The van der Waals surface area contributed by atoms with E-state index in [1.165, 1.54) is 66.4 Å². The lowest BCUT2D eigenvalue weighted by Gasteiger charge is -2.34. The molecule has 7 aromatic carbocycles. The van der Waals surface area contributed by atoms with E-state index in [0.717, 1.165) is 11.3 Å². The molecule has 0 N–H and O–H groups in total. The Labute approximate surface area is 275 Å². The lowest BCUT2D eigenvalue weighted by molar-refractivity contribution is 0.769. The summed E-state index contributed by atoms with van der Waals surface area (Å²) in [5.74, 6) is 0. The van der Waals surface area contributed by atoms with Crippen molar-refractivity contribution in [2.24, 2.45) is 0 Å². The molecule has 9 rings (SSSR count). The summed E-state index contributed by atoms with van der Waals surface area (Å²) >= 11 is 0. The van der Waals surface area contributed by atoms with Gasteiger partial charge in [-0.05, 0) is 90.7 Å². The number of rotatable bonds is 5. The normalized spacial score (nSPS) is 12.9. The highest BCUT2D eigenvalue weighted by Gasteiger charge is 2.46. The Kier molecular flexibility index (Phi) is 6.43. The molecule has 1 aliphatic rings. The van der Waals surface area contributed by atoms with E-state index in [-0.39, 0.29) is 0 Å². The van der Waals surface area contributed by atoms with Crippen LogP contribution in [0.2, 0.25) is 0 Å². The summed E-state index contributed by atoms with van der Waals surface area (Å²) < 4.78 is 0. The Balaban J connectivity index is 1.38. The summed E-state index contributed by atoms with van der Waals surface area (Å²) in [6, 6.07) is 66.4. The van der Waals surface area contributed by atoms with Crippen molar-refractivity contribution < 1.29 is 0 Å². The topological polar surface area (TPSA) is 12.9 Å². The fourth-order valence-electron chi connectivity index (χ4n) is 7.76. The van der Waals surface area contributed by atoms with Gasteiger partial charge in [-0.2, -0.15) is 0 Å². The molecular weight excluding hydrogens is 567 g/mol. The van der Waals surface area contributed by atoms with Crippen LogP contribution in [-0.4, -0.2) is 4.98 Å². The molecule has 0 radical (unpaired) electrons. The second-order valence-electron chi connectivity index (χ2n) is 12.3. The number of hydrogen-bond donors (Lipinski definition) is 0. The highest BCUT2D eigenvalue weighted by Crippen LogP contribution is 2.58. The standard InChI is InChI=1S/C46H31N/c1-3-16-35(17-4-1)46(36-18-5-2-6-19-36)43-23-10-9-21-39(43)42-30-41(38-22-13-15-32-14-7-8-20-37(32)38)40(31-44(42)46)33-25-27-34(28-26-33)45-24-11-12-29-47-45/h1-31H. The molecule has 0 spiro atoms. The molecule has 1 aromatic heterocycles. The predicted octanol–water partition coefficient (Wildman–Crippen LogP) is 11.6. The summed E-state index contributed by atoms with van der Waals surface area (Å²) in [5, 5.41) is 2.50. The van der Waals surface area contributed by atoms with E-state index in [9.17, 15) is 0 Å². The van der Waals surface area contributed by atoms with Crippen molar-refractivity contribution in [2.75, 3.05) is 0 Å². The minimum Gasteiger partial charge on any atom is -0.256 e. The first-order valence-electron chi connectivity index (χ1n) is 16.2. The van der Waals surface area contributed by atoms with Crippen molar-refractivity contribution in [1.29, 1.82) is 0 Å². The quantitative estimate of drug-likeness (QED) is 0.192. The molecule has 0 unspecified atom stereocenters. The fraction of sp³-hybridized carbons (Fsp3) is 0.0217. The number of benzene rings is 7. The van der Waals surface area contributed by atoms with Gasteiger partial charge in [-0.3, -0.25) is 4.98 Å². The van der Waals surface area contributed by atoms with Crippen LogP contribution in [0.15, 0.2) is 188 Å². The Morgan fingerprint density at radius 2 is 0.979 bits per heavy atom. The maximum Gasteiger partial charge on any atom is 0.0713 e. The third-order valence-electron chi connectivity index (χ3n) is 9.83.